The Hall–Kier alpha value is -1.20. The van der Waals surface area contributed by atoms with E-state index < -0.39 is 6.10 Å². The maximum absolute atomic E-state index is 12.1. The fourth-order valence-corrected chi connectivity index (χ4v) is 3.66. The van der Waals surface area contributed by atoms with Crippen molar-refractivity contribution in [2.45, 2.75) is 83.2 Å². The molecule has 26 heavy (non-hydrogen) atoms. The van der Waals surface area contributed by atoms with Crippen LogP contribution in [0.15, 0.2) is 12.2 Å². The number of Topliss-reactive ketones (excluding diaryl/α,β-unsaturated/α-hetero) is 1. The molecule has 2 N–H and O–H groups in total. The zero-order chi connectivity index (χ0) is 19.2. The number of esters is 1. The smallest absolute Gasteiger partial charge is 0.308 e. The van der Waals surface area contributed by atoms with Crippen LogP contribution in [0.4, 0.5) is 0 Å². The van der Waals surface area contributed by atoms with Gasteiger partial charge in [-0.1, -0.05) is 37.8 Å². The highest BCUT2D eigenvalue weighted by molar-refractivity contribution is 5.83. The van der Waals surface area contributed by atoms with E-state index in [0.29, 0.717) is 24.5 Å². The number of hydrogen-bond donors (Lipinski definition) is 2. The van der Waals surface area contributed by atoms with Crippen molar-refractivity contribution < 1.29 is 24.5 Å². The number of rotatable bonds is 14. The molecule has 0 unspecified atom stereocenters. The van der Waals surface area contributed by atoms with Gasteiger partial charge in [0.25, 0.3) is 0 Å². The Bertz CT molecular complexity index is 432. The molecule has 0 spiro atoms. The highest BCUT2D eigenvalue weighted by Crippen LogP contribution is 2.34. The second-order valence-corrected chi connectivity index (χ2v) is 7.35. The first-order valence-corrected chi connectivity index (χ1v) is 10.1. The van der Waals surface area contributed by atoms with Crippen LogP contribution >= 0.6 is 0 Å². The molecule has 0 aromatic rings. The standard InChI is InChI=1S/C21H36O5/c1-26-21(25)16-18(23)11-7-8-12-19-17(13-14-20(19)24)10-6-4-2-3-5-9-15-22/h6,10,17-19,22-23H,2-5,7-9,11-16H2,1H3/t17-,18+,19+/m1/s1. The van der Waals surface area contributed by atoms with Crippen molar-refractivity contribution in [3.8, 4) is 0 Å². The molecule has 0 heterocycles. The average Bonchev–Trinajstić information content (AvgIpc) is 2.97. The fourth-order valence-electron chi connectivity index (χ4n) is 3.66. The summed E-state index contributed by atoms with van der Waals surface area (Å²) in [5.41, 5.74) is 0. The molecule has 3 atom stereocenters. The van der Waals surface area contributed by atoms with Gasteiger partial charge in [0, 0.05) is 18.9 Å². The first kappa shape index (κ1) is 22.8. The predicted molar refractivity (Wildman–Crippen MR) is 102 cm³/mol. The quantitative estimate of drug-likeness (QED) is 0.278. The summed E-state index contributed by atoms with van der Waals surface area (Å²) in [7, 11) is 1.32. The van der Waals surface area contributed by atoms with Crippen molar-refractivity contribution in [1.82, 2.24) is 0 Å². The summed E-state index contributed by atoms with van der Waals surface area (Å²) in [6.45, 7) is 0.279. The Balaban J connectivity index is 2.22. The van der Waals surface area contributed by atoms with E-state index in [-0.39, 0.29) is 24.9 Å². The van der Waals surface area contributed by atoms with E-state index in [1.165, 1.54) is 7.11 Å². The third-order valence-corrected chi connectivity index (χ3v) is 5.25. The number of carbonyl (C=O) groups excluding carboxylic acids is 2. The molecular formula is C21H36O5. The zero-order valence-corrected chi connectivity index (χ0v) is 16.2. The van der Waals surface area contributed by atoms with E-state index in [2.05, 4.69) is 16.9 Å². The molecule has 0 aromatic carbocycles. The molecule has 1 aliphatic rings. The predicted octanol–water partition coefficient (Wildman–Crippen LogP) is 3.57. The van der Waals surface area contributed by atoms with Gasteiger partial charge in [-0.3, -0.25) is 9.59 Å². The van der Waals surface area contributed by atoms with Crippen molar-refractivity contribution in [1.29, 1.82) is 0 Å². The van der Waals surface area contributed by atoms with Gasteiger partial charge in [-0.05, 0) is 44.4 Å². The Kier molecular flexibility index (Phi) is 12.2. The number of aliphatic hydroxyl groups excluding tert-OH is 2. The van der Waals surface area contributed by atoms with Crippen LogP contribution in [0.5, 0.6) is 0 Å². The maximum Gasteiger partial charge on any atom is 0.308 e. The van der Waals surface area contributed by atoms with E-state index in [4.69, 9.17) is 5.11 Å². The summed E-state index contributed by atoms with van der Waals surface area (Å²) < 4.78 is 4.55. The van der Waals surface area contributed by atoms with Gasteiger partial charge in [-0.25, -0.2) is 0 Å². The van der Waals surface area contributed by atoms with Crippen LogP contribution in [-0.2, 0) is 14.3 Å². The van der Waals surface area contributed by atoms with Gasteiger partial charge in [0.15, 0.2) is 0 Å². The monoisotopic (exact) mass is 368 g/mol. The molecule has 0 aromatic heterocycles. The van der Waals surface area contributed by atoms with Crippen LogP contribution in [0, 0.1) is 11.8 Å². The maximum atomic E-state index is 12.1. The number of aliphatic hydroxyl groups is 2. The van der Waals surface area contributed by atoms with Crippen molar-refractivity contribution >= 4 is 11.8 Å². The second-order valence-electron chi connectivity index (χ2n) is 7.35. The second kappa shape index (κ2) is 13.9. The molecule has 1 saturated carbocycles. The van der Waals surface area contributed by atoms with Crippen LogP contribution in [0.2, 0.25) is 0 Å². The summed E-state index contributed by atoms with van der Waals surface area (Å²) in [6, 6.07) is 0. The minimum absolute atomic E-state index is 0.0442. The van der Waals surface area contributed by atoms with Crippen LogP contribution in [0.3, 0.4) is 0 Å². The highest BCUT2D eigenvalue weighted by atomic mass is 16.5. The fraction of sp³-hybridized carbons (Fsp3) is 0.810. The molecule has 0 bridgehead atoms. The Morgan fingerprint density at radius 3 is 2.73 bits per heavy atom. The van der Waals surface area contributed by atoms with E-state index in [9.17, 15) is 14.7 Å². The number of hydrogen-bond acceptors (Lipinski definition) is 5. The number of methoxy groups -OCH3 is 1. The van der Waals surface area contributed by atoms with Crippen molar-refractivity contribution in [3.63, 3.8) is 0 Å². The molecule has 0 aliphatic heterocycles. The van der Waals surface area contributed by atoms with Gasteiger partial charge in [-0.2, -0.15) is 0 Å². The Morgan fingerprint density at radius 1 is 1.23 bits per heavy atom. The molecule has 5 heteroatoms. The van der Waals surface area contributed by atoms with Crippen LogP contribution in [0.25, 0.3) is 0 Å². The Morgan fingerprint density at radius 2 is 2.00 bits per heavy atom. The number of unbranched alkanes of at least 4 members (excludes halogenated alkanes) is 5. The van der Waals surface area contributed by atoms with Crippen molar-refractivity contribution in [2.75, 3.05) is 13.7 Å². The first-order chi connectivity index (χ1) is 12.6. The van der Waals surface area contributed by atoms with Gasteiger partial charge in [0.1, 0.15) is 5.78 Å². The lowest BCUT2D eigenvalue weighted by Gasteiger charge is -2.15. The third kappa shape index (κ3) is 9.48. The van der Waals surface area contributed by atoms with E-state index >= 15 is 0 Å². The zero-order valence-electron chi connectivity index (χ0n) is 16.2. The molecule has 1 aliphatic carbocycles. The number of allylic oxidation sites excluding steroid dienone is 2. The topological polar surface area (TPSA) is 83.8 Å². The molecule has 0 radical (unpaired) electrons. The molecule has 1 fully saturated rings. The lowest BCUT2D eigenvalue weighted by atomic mass is 9.89. The number of ketones is 1. The normalized spacial score (nSPS) is 21.4. The minimum atomic E-state index is -0.650. The summed E-state index contributed by atoms with van der Waals surface area (Å²) in [5, 5.41) is 18.5. The largest absolute Gasteiger partial charge is 0.469 e. The van der Waals surface area contributed by atoms with E-state index in [1.807, 2.05) is 0 Å². The molecule has 1 rings (SSSR count). The average molecular weight is 369 g/mol. The van der Waals surface area contributed by atoms with Gasteiger partial charge in [-0.15, -0.1) is 0 Å². The van der Waals surface area contributed by atoms with E-state index in [0.717, 1.165) is 57.8 Å². The minimum Gasteiger partial charge on any atom is -0.469 e. The van der Waals surface area contributed by atoms with Gasteiger partial charge in [0.05, 0.1) is 19.6 Å². The van der Waals surface area contributed by atoms with Gasteiger partial charge >= 0.3 is 5.97 Å². The molecule has 0 saturated heterocycles. The highest BCUT2D eigenvalue weighted by Gasteiger charge is 2.32. The molecule has 150 valence electrons. The lowest BCUT2D eigenvalue weighted by molar-refractivity contribution is -0.142. The van der Waals surface area contributed by atoms with Crippen molar-refractivity contribution in [3.05, 3.63) is 12.2 Å². The van der Waals surface area contributed by atoms with Crippen LogP contribution in [0.1, 0.15) is 77.0 Å². The van der Waals surface area contributed by atoms with Gasteiger partial charge in [0.2, 0.25) is 0 Å². The summed E-state index contributed by atoms with van der Waals surface area (Å²) in [5.74, 6) is 0.473. The summed E-state index contributed by atoms with van der Waals surface area (Å²) >= 11 is 0. The van der Waals surface area contributed by atoms with Crippen molar-refractivity contribution in [2.24, 2.45) is 11.8 Å². The molecular weight excluding hydrogens is 332 g/mol. The van der Waals surface area contributed by atoms with Gasteiger partial charge < -0.3 is 14.9 Å². The number of carbonyl (C=O) groups is 2. The Labute approximate surface area is 157 Å². The summed E-state index contributed by atoms with van der Waals surface area (Å²) in [6.07, 6.45) is 13.9. The third-order valence-electron chi connectivity index (χ3n) is 5.25. The molecule has 0 amide bonds. The number of ether oxygens (including phenoxy) is 1. The summed E-state index contributed by atoms with van der Waals surface area (Å²) in [4.78, 5) is 23.2. The van der Waals surface area contributed by atoms with E-state index in [1.54, 1.807) is 0 Å². The lowest BCUT2D eigenvalue weighted by Crippen LogP contribution is -2.15. The van der Waals surface area contributed by atoms with Crippen LogP contribution in [-0.4, -0.2) is 41.8 Å². The van der Waals surface area contributed by atoms with Crippen LogP contribution < -0.4 is 0 Å². The first-order valence-electron chi connectivity index (χ1n) is 10.1. The SMILES string of the molecule is COC(=O)C[C@@H](O)CCCC[C@@H]1C(=O)CC[C@H]1C=CCCCCCCO. The molecule has 5 nitrogen and oxygen atoms in total.